The molecule has 0 aromatic rings. The van der Waals surface area contributed by atoms with Crippen LogP contribution in [0.25, 0.3) is 0 Å². The molecule has 0 saturated heterocycles. The SMILES string of the molecule is CCCCCCCCCCCCCCOC(C[N+](C)(CC)CC)C(=O)CCCCCCCCCCC.[Cl-]. The zero-order chi connectivity index (χ0) is 26.7. The molecule has 0 amide bonds. The summed E-state index contributed by atoms with van der Waals surface area (Å²) in [5, 5.41) is 0. The molecule has 0 radical (unpaired) electrons. The van der Waals surface area contributed by atoms with Gasteiger partial charge in [-0.05, 0) is 26.7 Å². The summed E-state index contributed by atoms with van der Waals surface area (Å²) in [7, 11) is 2.27. The molecule has 0 spiro atoms. The molecule has 1 unspecified atom stereocenters. The maximum Gasteiger partial charge on any atom is 0.167 e. The molecule has 0 N–H and O–H groups in total. The van der Waals surface area contributed by atoms with Crippen molar-refractivity contribution in [3.8, 4) is 0 Å². The van der Waals surface area contributed by atoms with Gasteiger partial charge in [0.25, 0.3) is 0 Å². The third kappa shape index (κ3) is 24.6. The average Bonchev–Trinajstić information content (AvgIpc) is 2.89. The lowest BCUT2D eigenvalue weighted by Crippen LogP contribution is -3.00. The topological polar surface area (TPSA) is 26.3 Å². The van der Waals surface area contributed by atoms with E-state index in [4.69, 9.17) is 4.74 Å². The fourth-order valence-corrected chi connectivity index (χ4v) is 5.07. The van der Waals surface area contributed by atoms with E-state index in [1.54, 1.807) is 0 Å². The number of likely N-dealkylation sites (N-methyl/N-ethyl adjacent to an activating group) is 1. The monoisotopic (exact) mass is 545 g/mol. The van der Waals surface area contributed by atoms with Crippen LogP contribution in [0.2, 0.25) is 0 Å². The van der Waals surface area contributed by atoms with Gasteiger partial charge >= 0.3 is 0 Å². The molecular weight excluding hydrogens is 478 g/mol. The van der Waals surface area contributed by atoms with E-state index >= 15 is 0 Å². The van der Waals surface area contributed by atoms with Gasteiger partial charge in [-0.25, -0.2) is 0 Å². The Kier molecular flexibility index (Phi) is 30.5. The summed E-state index contributed by atoms with van der Waals surface area (Å²) < 4.78 is 7.19. The zero-order valence-corrected chi connectivity index (χ0v) is 26.9. The summed E-state index contributed by atoms with van der Waals surface area (Å²) in [6, 6.07) is 0. The second-order valence-electron chi connectivity index (χ2n) is 11.7. The molecule has 0 aliphatic rings. The van der Waals surface area contributed by atoms with Gasteiger partial charge in [-0.1, -0.05) is 136 Å². The van der Waals surface area contributed by atoms with Crippen LogP contribution in [0.5, 0.6) is 0 Å². The molecular formula is C33H68ClNO2. The smallest absolute Gasteiger partial charge is 0.167 e. The van der Waals surface area contributed by atoms with E-state index in [0.717, 1.165) is 43.6 Å². The zero-order valence-electron chi connectivity index (χ0n) is 26.1. The van der Waals surface area contributed by atoms with Crippen molar-refractivity contribution >= 4 is 5.78 Å². The van der Waals surface area contributed by atoms with Crippen LogP contribution in [0.15, 0.2) is 0 Å². The van der Waals surface area contributed by atoms with Gasteiger partial charge in [0.15, 0.2) is 11.9 Å². The van der Waals surface area contributed by atoms with Crippen LogP contribution in [0, 0.1) is 0 Å². The predicted molar refractivity (Wildman–Crippen MR) is 160 cm³/mol. The van der Waals surface area contributed by atoms with E-state index in [2.05, 4.69) is 34.7 Å². The van der Waals surface area contributed by atoms with Gasteiger partial charge in [-0.3, -0.25) is 4.79 Å². The van der Waals surface area contributed by atoms with Crippen molar-refractivity contribution in [3.05, 3.63) is 0 Å². The average molecular weight is 546 g/mol. The first-order valence-electron chi connectivity index (χ1n) is 16.5. The van der Waals surface area contributed by atoms with E-state index in [9.17, 15) is 4.79 Å². The Balaban J connectivity index is 0. The van der Waals surface area contributed by atoms with Gasteiger partial charge in [0.05, 0.1) is 20.1 Å². The summed E-state index contributed by atoms with van der Waals surface area (Å²) in [5.41, 5.74) is 0. The summed E-state index contributed by atoms with van der Waals surface area (Å²) in [6.45, 7) is 12.7. The highest BCUT2D eigenvalue weighted by atomic mass is 35.5. The summed E-state index contributed by atoms with van der Waals surface area (Å²) in [4.78, 5) is 13.1. The highest BCUT2D eigenvalue weighted by molar-refractivity contribution is 5.83. The number of ketones is 1. The Morgan fingerprint density at radius 2 is 0.919 bits per heavy atom. The standard InChI is InChI=1S/C33H68NO2.ClH/c1-6-10-12-14-16-18-19-20-22-24-26-28-30-36-33(31-34(5,8-3)9-4)32(35)29-27-25-23-21-17-15-13-11-7-2;/h33H,6-31H2,1-5H3;1H/q+1;/p-1. The first kappa shape index (κ1) is 39.0. The number of hydrogen-bond acceptors (Lipinski definition) is 2. The quantitative estimate of drug-likeness (QED) is 0.0743. The first-order chi connectivity index (χ1) is 17.5. The third-order valence-corrected chi connectivity index (χ3v) is 8.34. The number of carbonyl (C=O) groups is 1. The Labute approximate surface area is 240 Å². The highest BCUT2D eigenvalue weighted by Crippen LogP contribution is 2.15. The summed E-state index contributed by atoms with van der Waals surface area (Å²) in [6.07, 6.45) is 28.4. The van der Waals surface area contributed by atoms with Gasteiger partial charge in [0, 0.05) is 13.0 Å². The Morgan fingerprint density at radius 1 is 0.568 bits per heavy atom. The van der Waals surface area contributed by atoms with Crippen molar-refractivity contribution in [2.24, 2.45) is 0 Å². The van der Waals surface area contributed by atoms with Crippen LogP contribution in [-0.4, -0.2) is 49.7 Å². The minimum Gasteiger partial charge on any atom is -1.00 e. The van der Waals surface area contributed by atoms with Crippen LogP contribution in [0.4, 0.5) is 0 Å². The van der Waals surface area contributed by atoms with E-state index in [1.807, 2.05) is 0 Å². The normalized spacial score (nSPS) is 12.5. The minimum atomic E-state index is -0.211. The molecule has 0 fully saturated rings. The van der Waals surface area contributed by atoms with E-state index in [-0.39, 0.29) is 18.5 Å². The van der Waals surface area contributed by atoms with Crippen LogP contribution in [0.3, 0.4) is 0 Å². The van der Waals surface area contributed by atoms with Gasteiger partial charge in [0.2, 0.25) is 0 Å². The van der Waals surface area contributed by atoms with Crippen molar-refractivity contribution in [2.75, 3.05) is 33.3 Å². The van der Waals surface area contributed by atoms with Crippen LogP contribution >= 0.6 is 0 Å². The fourth-order valence-electron chi connectivity index (χ4n) is 5.07. The Hall–Kier alpha value is -0.120. The molecule has 0 aliphatic carbocycles. The van der Waals surface area contributed by atoms with Gasteiger partial charge in [-0.2, -0.15) is 0 Å². The van der Waals surface area contributed by atoms with Crippen molar-refractivity contribution in [2.45, 2.75) is 175 Å². The molecule has 0 aliphatic heterocycles. The number of rotatable bonds is 29. The maximum absolute atomic E-state index is 13.1. The molecule has 3 nitrogen and oxygen atoms in total. The minimum absolute atomic E-state index is 0. The van der Waals surface area contributed by atoms with Gasteiger partial charge in [-0.15, -0.1) is 0 Å². The molecule has 4 heteroatoms. The molecule has 0 aromatic carbocycles. The van der Waals surface area contributed by atoms with E-state index < -0.39 is 0 Å². The van der Waals surface area contributed by atoms with Crippen molar-refractivity contribution in [1.82, 2.24) is 0 Å². The highest BCUT2D eigenvalue weighted by Gasteiger charge is 2.28. The molecule has 0 saturated carbocycles. The van der Waals surface area contributed by atoms with Crippen molar-refractivity contribution in [1.29, 1.82) is 0 Å². The first-order valence-corrected chi connectivity index (χ1v) is 16.5. The molecule has 1 atom stereocenters. The lowest BCUT2D eigenvalue weighted by molar-refractivity contribution is -0.908. The number of Topliss-reactive ketones (excluding diaryl/α,β-unsaturated/α-hetero) is 1. The number of unbranched alkanes of at least 4 members (excludes halogenated alkanes) is 19. The lowest BCUT2D eigenvalue weighted by Gasteiger charge is -2.35. The van der Waals surface area contributed by atoms with Crippen molar-refractivity contribution in [3.63, 3.8) is 0 Å². The Morgan fingerprint density at radius 3 is 1.30 bits per heavy atom. The van der Waals surface area contributed by atoms with E-state index in [0.29, 0.717) is 12.2 Å². The second kappa shape index (κ2) is 28.9. The number of quaternary nitrogens is 1. The molecule has 0 heterocycles. The molecule has 224 valence electrons. The largest absolute Gasteiger partial charge is 1.00 e. The van der Waals surface area contributed by atoms with E-state index in [1.165, 1.54) is 122 Å². The van der Waals surface area contributed by atoms with Gasteiger partial charge < -0.3 is 21.6 Å². The van der Waals surface area contributed by atoms with Crippen LogP contribution in [0.1, 0.15) is 169 Å². The van der Waals surface area contributed by atoms with Crippen LogP contribution < -0.4 is 12.4 Å². The fraction of sp³-hybridized carbons (Fsp3) is 0.970. The summed E-state index contributed by atoms with van der Waals surface area (Å²) in [5.74, 6) is 0.350. The maximum atomic E-state index is 13.1. The second-order valence-corrected chi connectivity index (χ2v) is 11.7. The molecule has 0 bridgehead atoms. The third-order valence-electron chi connectivity index (χ3n) is 8.34. The number of hydrogen-bond donors (Lipinski definition) is 0. The van der Waals surface area contributed by atoms with Crippen LogP contribution in [-0.2, 0) is 9.53 Å². The molecule has 0 aromatic heterocycles. The molecule has 37 heavy (non-hydrogen) atoms. The predicted octanol–water partition coefficient (Wildman–Crippen LogP) is 7.05. The number of carbonyl (C=O) groups excluding carboxylic acids is 1. The molecule has 0 rings (SSSR count). The number of ether oxygens (including phenoxy) is 1. The lowest BCUT2D eigenvalue weighted by atomic mass is 10.0. The Bertz CT molecular complexity index is 467. The number of nitrogens with zero attached hydrogens (tertiary/aromatic N) is 1. The van der Waals surface area contributed by atoms with Crippen molar-refractivity contribution < 1.29 is 26.4 Å². The van der Waals surface area contributed by atoms with Gasteiger partial charge in [0.1, 0.15) is 6.54 Å². The number of halogens is 1. The summed E-state index contributed by atoms with van der Waals surface area (Å²) >= 11 is 0.